The van der Waals surface area contributed by atoms with Gasteiger partial charge in [-0.2, -0.15) is 5.10 Å². The molecule has 0 aliphatic rings. The van der Waals surface area contributed by atoms with Crippen LogP contribution in [0.5, 0.6) is 0 Å². The molecular weight excluding hydrogens is 690 g/mol. The number of esters is 1. The molecule has 0 saturated carbocycles. The van der Waals surface area contributed by atoms with Crippen LogP contribution in [-0.4, -0.2) is 34.2 Å². The van der Waals surface area contributed by atoms with Crippen molar-refractivity contribution in [2.45, 2.75) is 6.92 Å². The molecule has 0 unspecified atom stereocenters. The molecule has 52 heavy (non-hydrogen) atoms. The number of aromatic nitrogens is 2. The van der Waals surface area contributed by atoms with Crippen molar-refractivity contribution in [2.75, 3.05) is 11.9 Å². The van der Waals surface area contributed by atoms with Crippen LogP contribution in [0.15, 0.2) is 150 Å². The van der Waals surface area contributed by atoms with Gasteiger partial charge in [0.2, 0.25) is 0 Å². The molecule has 10 heteroatoms. The van der Waals surface area contributed by atoms with Gasteiger partial charge in [-0.1, -0.05) is 84.4 Å². The van der Waals surface area contributed by atoms with Crippen molar-refractivity contribution in [3.8, 4) is 39.5 Å². The second-order valence-corrected chi connectivity index (χ2v) is 12.9. The largest absolute Gasteiger partial charge is 0.462 e. The Morgan fingerprint density at radius 2 is 1.46 bits per heavy atom. The fourth-order valence-electron chi connectivity index (χ4n) is 5.71. The molecule has 7 rings (SSSR count). The van der Waals surface area contributed by atoms with E-state index in [-0.39, 0.29) is 11.9 Å². The van der Waals surface area contributed by atoms with Crippen LogP contribution in [0.25, 0.3) is 39.5 Å². The van der Waals surface area contributed by atoms with Crippen molar-refractivity contribution in [2.24, 2.45) is 5.10 Å². The molecule has 1 amide bonds. The number of benzene rings is 5. The summed E-state index contributed by atoms with van der Waals surface area (Å²) in [4.78, 5) is 30.3. The zero-order chi connectivity index (χ0) is 35.9. The number of ether oxygens (including phenoxy) is 1. The van der Waals surface area contributed by atoms with E-state index < -0.39 is 0 Å². The average molecular weight is 722 g/mol. The first-order chi connectivity index (χ1) is 25.5. The SMILES string of the molecule is CCOC(=O)c1ccc(-n2c(-c3ccccc3)cc(/C=N\NC(=O)c3ccc(-c4csc(Nc5ccc(Cl)cc5)n4)cc3)c2-c2ccccc2)cc1. The van der Waals surface area contributed by atoms with Crippen LogP contribution >= 0.6 is 22.9 Å². The minimum Gasteiger partial charge on any atom is -0.462 e. The molecule has 5 aromatic carbocycles. The van der Waals surface area contributed by atoms with Crippen molar-refractivity contribution in [3.05, 3.63) is 167 Å². The molecule has 2 heterocycles. The first kappa shape index (κ1) is 34.2. The van der Waals surface area contributed by atoms with Crippen molar-refractivity contribution in [1.29, 1.82) is 0 Å². The van der Waals surface area contributed by atoms with Gasteiger partial charge >= 0.3 is 5.97 Å². The van der Waals surface area contributed by atoms with Gasteiger partial charge in [0.1, 0.15) is 0 Å². The van der Waals surface area contributed by atoms with E-state index in [4.69, 9.17) is 16.3 Å². The van der Waals surface area contributed by atoms with Crippen molar-refractivity contribution < 1.29 is 14.3 Å². The number of nitrogens with zero attached hydrogens (tertiary/aromatic N) is 3. The minimum absolute atomic E-state index is 0.302. The van der Waals surface area contributed by atoms with E-state index in [1.165, 1.54) is 11.3 Å². The molecule has 0 saturated heterocycles. The number of carbonyl (C=O) groups excluding carboxylic acids is 2. The quantitative estimate of drug-likeness (QED) is 0.0787. The molecular formula is C42H32ClN5O3S. The zero-order valence-corrected chi connectivity index (χ0v) is 29.6. The summed E-state index contributed by atoms with van der Waals surface area (Å²) >= 11 is 7.49. The number of hydrogen-bond donors (Lipinski definition) is 2. The van der Waals surface area contributed by atoms with Crippen LogP contribution in [0, 0.1) is 0 Å². The summed E-state index contributed by atoms with van der Waals surface area (Å²) in [5.41, 5.74) is 11.6. The fourth-order valence-corrected chi connectivity index (χ4v) is 6.57. The average Bonchev–Trinajstić information content (AvgIpc) is 3.82. The summed E-state index contributed by atoms with van der Waals surface area (Å²) in [5.74, 6) is -0.712. The molecule has 0 aliphatic heterocycles. The lowest BCUT2D eigenvalue weighted by molar-refractivity contribution is 0.0526. The molecule has 0 aliphatic carbocycles. The predicted octanol–water partition coefficient (Wildman–Crippen LogP) is 10.3. The summed E-state index contributed by atoms with van der Waals surface area (Å²) in [7, 11) is 0. The van der Waals surface area contributed by atoms with Gasteiger partial charge in [0.25, 0.3) is 5.91 Å². The highest BCUT2D eigenvalue weighted by atomic mass is 35.5. The molecule has 2 aromatic heterocycles. The monoisotopic (exact) mass is 721 g/mol. The molecule has 256 valence electrons. The lowest BCUT2D eigenvalue weighted by Gasteiger charge is -2.15. The number of thiazole rings is 1. The Morgan fingerprint density at radius 3 is 2.13 bits per heavy atom. The van der Waals surface area contributed by atoms with Gasteiger partial charge in [-0.05, 0) is 84.8 Å². The summed E-state index contributed by atoms with van der Waals surface area (Å²) < 4.78 is 7.34. The predicted molar refractivity (Wildman–Crippen MR) is 210 cm³/mol. The van der Waals surface area contributed by atoms with Crippen LogP contribution in [0.1, 0.15) is 33.2 Å². The Labute approximate surface area is 310 Å². The Kier molecular flexibility index (Phi) is 10.3. The van der Waals surface area contributed by atoms with Crippen molar-refractivity contribution >= 4 is 51.8 Å². The molecule has 2 N–H and O–H groups in total. The third kappa shape index (κ3) is 7.71. The first-order valence-electron chi connectivity index (χ1n) is 16.5. The standard InChI is InChI=1S/C42H32ClN5O3S/c1-2-51-41(50)32-17-23-36(24-18-32)48-38(29-9-5-3-6-10-29)25-33(39(48)30-11-7-4-8-12-30)26-44-47-40(49)31-15-13-28(14-16-31)37-27-52-42(46-37)45-35-21-19-34(43)20-22-35/h3-27H,2H2,1H3,(H,45,46)(H,47,49)/b44-26-. The maximum Gasteiger partial charge on any atom is 0.338 e. The molecule has 0 radical (unpaired) electrons. The van der Waals surface area contributed by atoms with E-state index in [9.17, 15) is 9.59 Å². The third-order valence-corrected chi connectivity index (χ3v) is 9.21. The summed E-state index contributed by atoms with van der Waals surface area (Å²) in [6.45, 7) is 2.09. The maximum atomic E-state index is 13.2. The second kappa shape index (κ2) is 15.7. The van der Waals surface area contributed by atoms with Gasteiger partial charge < -0.3 is 14.6 Å². The summed E-state index contributed by atoms with van der Waals surface area (Å²) in [6.07, 6.45) is 1.66. The number of hydrazone groups is 1. The number of nitrogens with one attached hydrogen (secondary N) is 2. The molecule has 8 nitrogen and oxygen atoms in total. The molecule has 0 atom stereocenters. The van der Waals surface area contributed by atoms with E-state index in [1.807, 2.05) is 121 Å². The molecule has 0 spiro atoms. The van der Waals surface area contributed by atoms with Crippen LogP contribution < -0.4 is 10.7 Å². The Hall–Kier alpha value is -6.29. The van der Waals surface area contributed by atoms with E-state index in [1.54, 1.807) is 37.4 Å². The van der Waals surface area contributed by atoms with Gasteiger partial charge in [0.15, 0.2) is 5.13 Å². The van der Waals surface area contributed by atoms with Crippen LogP contribution in [0.2, 0.25) is 5.02 Å². The molecule has 0 bridgehead atoms. The molecule has 0 fully saturated rings. The number of amides is 1. The Bertz CT molecular complexity index is 2340. The van der Waals surface area contributed by atoms with E-state index in [2.05, 4.69) is 25.4 Å². The molecule has 7 aromatic rings. The van der Waals surface area contributed by atoms with Crippen molar-refractivity contribution in [3.63, 3.8) is 0 Å². The number of halogens is 1. The number of anilines is 2. The van der Waals surface area contributed by atoms with Gasteiger partial charge in [0, 0.05) is 38.5 Å². The minimum atomic E-state index is -0.369. The second-order valence-electron chi connectivity index (χ2n) is 11.6. The Morgan fingerprint density at radius 1 is 0.808 bits per heavy atom. The first-order valence-corrected chi connectivity index (χ1v) is 17.8. The normalized spacial score (nSPS) is 11.0. The smallest absolute Gasteiger partial charge is 0.338 e. The fraction of sp³-hybridized carbons (Fsp3) is 0.0476. The summed E-state index contributed by atoms with van der Waals surface area (Å²) in [5, 5.41) is 11.1. The highest BCUT2D eigenvalue weighted by Gasteiger charge is 2.19. The van der Waals surface area contributed by atoms with Crippen molar-refractivity contribution in [1.82, 2.24) is 15.0 Å². The summed E-state index contributed by atoms with van der Waals surface area (Å²) in [6, 6.07) is 44.1. The third-order valence-electron chi connectivity index (χ3n) is 8.20. The topological polar surface area (TPSA) is 97.6 Å². The van der Waals surface area contributed by atoms with Crippen LogP contribution in [-0.2, 0) is 4.74 Å². The van der Waals surface area contributed by atoms with E-state index in [0.717, 1.165) is 55.8 Å². The highest BCUT2D eigenvalue weighted by Crippen LogP contribution is 2.36. The number of carbonyl (C=O) groups is 2. The number of rotatable bonds is 11. The van der Waals surface area contributed by atoms with Crippen LogP contribution in [0.4, 0.5) is 10.8 Å². The highest BCUT2D eigenvalue weighted by molar-refractivity contribution is 7.14. The van der Waals surface area contributed by atoms with Gasteiger partial charge in [-0.25, -0.2) is 15.2 Å². The van der Waals surface area contributed by atoms with Gasteiger partial charge in [-0.15, -0.1) is 11.3 Å². The lowest BCUT2D eigenvalue weighted by Crippen LogP contribution is -2.17. The van der Waals surface area contributed by atoms with Gasteiger partial charge in [-0.3, -0.25) is 4.79 Å². The Balaban J connectivity index is 1.15. The lowest BCUT2D eigenvalue weighted by atomic mass is 10.1. The van der Waals surface area contributed by atoms with Crippen LogP contribution in [0.3, 0.4) is 0 Å². The zero-order valence-electron chi connectivity index (χ0n) is 28.0. The van der Waals surface area contributed by atoms with E-state index >= 15 is 0 Å². The maximum absolute atomic E-state index is 13.2. The van der Waals surface area contributed by atoms with Gasteiger partial charge in [0.05, 0.1) is 35.5 Å². The van der Waals surface area contributed by atoms with E-state index in [0.29, 0.717) is 22.8 Å². The number of hydrogen-bond acceptors (Lipinski definition) is 7.